The summed E-state index contributed by atoms with van der Waals surface area (Å²) in [5.74, 6) is 1.07. The number of hydrogen-bond acceptors (Lipinski definition) is 5. The van der Waals surface area contributed by atoms with Crippen LogP contribution in [0.1, 0.15) is 29.4 Å². The topological polar surface area (TPSA) is 100 Å². The van der Waals surface area contributed by atoms with Gasteiger partial charge in [0.05, 0.1) is 0 Å². The van der Waals surface area contributed by atoms with Gasteiger partial charge in [-0.15, -0.1) is 0 Å². The zero-order valence-corrected chi connectivity index (χ0v) is 16.2. The van der Waals surface area contributed by atoms with E-state index in [-0.39, 0.29) is 11.8 Å². The molecule has 1 atom stereocenters. The first kappa shape index (κ1) is 18.7. The fourth-order valence-electron chi connectivity index (χ4n) is 3.48. The maximum absolute atomic E-state index is 12.6. The molecule has 2 N–H and O–H groups in total. The molecule has 1 aromatic carbocycles. The van der Waals surface area contributed by atoms with Gasteiger partial charge in [0.2, 0.25) is 5.91 Å². The van der Waals surface area contributed by atoms with Gasteiger partial charge in [0, 0.05) is 36.8 Å². The third-order valence-corrected chi connectivity index (χ3v) is 4.96. The Bertz CT molecular complexity index is 1030. The third kappa shape index (κ3) is 3.96. The third-order valence-electron chi connectivity index (χ3n) is 4.96. The number of anilines is 3. The molecule has 8 nitrogen and oxygen atoms in total. The number of urea groups is 1. The van der Waals surface area contributed by atoms with Crippen LogP contribution in [-0.2, 0) is 4.79 Å². The van der Waals surface area contributed by atoms with Crippen LogP contribution in [0.25, 0.3) is 0 Å². The smallest absolute Gasteiger partial charge is 0.325 e. The van der Waals surface area contributed by atoms with Crippen LogP contribution in [0.5, 0.6) is 0 Å². The van der Waals surface area contributed by atoms with E-state index < -0.39 is 6.03 Å². The molecule has 0 radical (unpaired) electrons. The molecule has 0 saturated carbocycles. The molecule has 1 saturated heterocycles. The van der Waals surface area contributed by atoms with Gasteiger partial charge < -0.3 is 14.7 Å². The van der Waals surface area contributed by atoms with Crippen LogP contribution >= 0.6 is 0 Å². The van der Waals surface area contributed by atoms with Crippen molar-refractivity contribution in [1.29, 1.82) is 0 Å². The van der Waals surface area contributed by atoms with Gasteiger partial charge in [0.15, 0.2) is 5.76 Å². The van der Waals surface area contributed by atoms with Crippen LogP contribution in [0, 0.1) is 13.8 Å². The summed E-state index contributed by atoms with van der Waals surface area (Å²) in [7, 11) is 0. The lowest BCUT2D eigenvalue weighted by Gasteiger charge is -2.17. The Labute approximate surface area is 167 Å². The average Bonchev–Trinajstić information content (AvgIpc) is 3.26. The minimum Gasteiger partial charge on any atom is -0.359 e. The first-order valence-electron chi connectivity index (χ1n) is 9.33. The highest BCUT2D eigenvalue weighted by Gasteiger charge is 2.31. The average molecular weight is 391 g/mol. The molecule has 0 bridgehead atoms. The number of carbonyl (C=O) groups excluding carboxylic acids is 2. The van der Waals surface area contributed by atoms with Crippen LogP contribution in [0.2, 0.25) is 0 Å². The molecular weight excluding hydrogens is 370 g/mol. The first-order chi connectivity index (χ1) is 14.0. The summed E-state index contributed by atoms with van der Waals surface area (Å²) in [6.07, 6.45) is 2.03. The molecule has 1 aliphatic rings. The zero-order chi connectivity index (χ0) is 20.4. The molecule has 148 valence electrons. The van der Waals surface area contributed by atoms with E-state index in [1.54, 1.807) is 37.1 Å². The van der Waals surface area contributed by atoms with E-state index in [4.69, 9.17) is 4.52 Å². The predicted molar refractivity (Wildman–Crippen MR) is 109 cm³/mol. The minimum atomic E-state index is -0.459. The summed E-state index contributed by atoms with van der Waals surface area (Å²) in [6.45, 7) is 4.06. The fourth-order valence-corrected chi connectivity index (χ4v) is 3.48. The second-order valence-electron chi connectivity index (χ2n) is 6.99. The Morgan fingerprint density at radius 2 is 1.97 bits per heavy atom. The van der Waals surface area contributed by atoms with Crippen molar-refractivity contribution < 1.29 is 14.1 Å². The van der Waals surface area contributed by atoms with Gasteiger partial charge in [-0.1, -0.05) is 35.5 Å². The van der Waals surface area contributed by atoms with E-state index in [0.29, 0.717) is 41.6 Å². The molecule has 3 aromatic rings. The standard InChI is InChI=1S/C21H21N5O3/c1-13-20(14(2)29-25-13)24-21(28)23-18-11-17(8-9-22-18)26-12-16(10-19(26)27)15-6-4-3-5-7-15/h3-9,11,16H,10,12H2,1-2H3,(H2,22,23,24,28). The SMILES string of the molecule is Cc1noc(C)c1NC(=O)Nc1cc(N2CC(c3ccccc3)CC2=O)ccn1. The normalized spacial score (nSPS) is 16.1. The molecule has 0 aliphatic carbocycles. The first-order valence-corrected chi connectivity index (χ1v) is 9.33. The van der Waals surface area contributed by atoms with Crippen LogP contribution in [0.3, 0.4) is 0 Å². The zero-order valence-electron chi connectivity index (χ0n) is 16.2. The molecular formula is C21H21N5O3. The van der Waals surface area contributed by atoms with E-state index >= 15 is 0 Å². The number of aryl methyl sites for hydroxylation is 2. The summed E-state index contributed by atoms with van der Waals surface area (Å²) in [5, 5.41) is 9.20. The van der Waals surface area contributed by atoms with Crippen molar-refractivity contribution in [2.75, 3.05) is 22.1 Å². The van der Waals surface area contributed by atoms with Gasteiger partial charge >= 0.3 is 6.03 Å². The fraction of sp³-hybridized carbons (Fsp3) is 0.238. The van der Waals surface area contributed by atoms with Crippen molar-refractivity contribution >= 4 is 29.1 Å². The molecule has 8 heteroatoms. The number of amides is 3. The molecule has 4 rings (SSSR count). The number of carbonyl (C=O) groups is 2. The van der Waals surface area contributed by atoms with Gasteiger partial charge in [-0.05, 0) is 25.5 Å². The number of hydrogen-bond donors (Lipinski definition) is 2. The molecule has 3 amide bonds. The molecule has 29 heavy (non-hydrogen) atoms. The van der Waals surface area contributed by atoms with Crippen LogP contribution in [0.15, 0.2) is 53.2 Å². The molecule has 2 aromatic heterocycles. The molecule has 1 fully saturated rings. The predicted octanol–water partition coefficient (Wildman–Crippen LogP) is 3.85. The van der Waals surface area contributed by atoms with Gasteiger partial charge in [0.25, 0.3) is 0 Å². The number of aromatic nitrogens is 2. The van der Waals surface area contributed by atoms with E-state index in [9.17, 15) is 9.59 Å². The highest BCUT2D eigenvalue weighted by Crippen LogP contribution is 2.32. The van der Waals surface area contributed by atoms with Gasteiger partial charge in [-0.25, -0.2) is 9.78 Å². The summed E-state index contributed by atoms with van der Waals surface area (Å²) >= 11 is 0. The lowest BCUT2D eigenvalue weighted by atomic mass is 9.99. The highest BCUT2D eigenvalue weighted by molar-refractivity contribution is 6.01. The lowest BCUT2D eigenvalue weighted by molar-refractivity contribution is -0.117. The van der Waals surface area contributed by atoms with Gasteiger partial charge in [-0.2, -0.15) is 0 Å². The van der Waals surface area contributed by atoms with Crippen LogP contribution in [-0.4, -0.2) is 28.6 Å². The van der Waals surface area contributed by atoms with E-state index in [0.717, 1.165) is 5.56 Å². The Kier molecular flexibility index (Phi) is 4.99. The minimum absolute atomic E-state index is 0.0520. The molecule has 0 spiro atoms. The highest BCUT2D eigenvalue weighted by atomic mass is 16.5. The van der Waals surface area contributed by atoms with E-state index in [1.807, 2.05) is 30.3 Å². The molecule has 3 heterocycles. The second kappa shape index (κ2) is 7.75. The number of rotatable bonds is 4. The number of nitrogens with zero attached hydrogens (tertiary/aromatic N) is 3. The number of pyridine rings is 1. The summed E-state index contributed by atoms with van der Waals surface area (Å²) < 4.78 is 5.04. The van der Waals surface area contributed by atoms with Crippen LogP contribution < -0.4 is 15.5 Å². The van der Waals surface area contributed by atoms with Crippen LogP contribution in [0.4, 0.5) is 22.0 Å². The van der Waals surface area contributed by atoms with Crippen molar-refractivity contribution in [3.05, 3.63) is 65.7 Å². The van der Waals surface area contributed by atoms with E-state index in [1.165, 1.54) is 0 Å². The monoisotopic (exact) mass is 391 g/mol. The molecule has 1 unspecified atom stereocenters. The lowest BCUT2D eigenvalue weighted by Crippen LogP contribution is -2.25. The van der Waals surface area contributed by atoms with Gasteiger partial charge in [-0.3, -0.25) is 10.1 Å². The largest absolute Gasteiger partial charge is 0.359 e. The maximum atomic E-state index is 12.6. The van der Waals surface area contributed by atoms with Crippen molar-refractivity contribution in [1.82, 2.24) is 10.1 Å². The van der Waals surface area contributed by atoms with Crippen molar-refractivity contribution in [3.8, 4) is 0 Å². The Balaban J connectivity index is 1.46. The van der Waals surface area contributed by atoms with E-state index in [2.05, 4.69) is 20.8 Å². The molecule has 1 aliphatic heterocycles. The second-order valence-corrected chi connectivity index (χ2v) is 6.99. The Morgan fingerprint density at radius 1 is 1.17 bits per heavy atom. The van der Waals surface area contributed by atoms with Gasteiger partial charge in [0.1, 0.15) is 17.2 Å². The quantitative estimate of drug-likeness (QED) is 0.704. The van der Waals surface area contributed by atoms with Crippen molar-refractivity contribution in [2.24, 2.45) is 0 Å². The van der Waals surface area contributed by atoms with Crippen molar-refractivity contribution in [3.63, 3.8) is 0 Å². The number of benzene rings is 1. The van der Waals surface area contributed by atoms with Crippen molar-refractivity contribution in [2.45, 2.75) is 26.2 Å². The summed E-state index contributed by atoms with van der Waals surface area (Å²) in [6, 6.07) is 13.0. The Hall–Kier alpha value is -3.68. The summed E-state index contributed by atoms with van der Waals surface area (Å²) in [4.78, 5) is 30.8. The Morgan fingerprint density at radius 3 is 2.69 bits per heavy atom. The maximum Gasteiger partial charge on any atom is 0.325 e. The summed E-state index contributed by atoms with van der Waals surface area (Å²) in [5.41, 5.74) is 2.97. The number of nitrogens with one attached hydrogen (secondary N) is 2.